The average Bonchev–Trinajstić information content (AvgIpc) is 2.91. The summed E-state index contributed by atoms with van der Waals surface area (Å²) in [7, 11) is 2.29. The van der Waals surface area contributed by atoms with Gasteiger partial charge in [0.15, 0.2) is 0 Å². The van der Waals surface area contributed by atoms with E-state index in [0.29, 0.717) is 5.41 Å². The van der Waals surface area contributed by atoms with Crippen molar-refractivity contribution < 1.29 is 0 Å². The van der Waals surface area contributed by atoms with Crippen molar-refractivity contribution in [3.05, 3.63) is 22.4 Å². The number of nitrogens with zero attached hydrogens (tertiary/aromatic N) is 1. The summed E-state index contributed by atoms with van der Waals surface area (Å²) >= 11 is 1.88. The molecule has 0 aliphatic heterocycles. The zero-order valence-corrected chi connectivity index (χ0v) is 14.8. The maximum Gasteiger partial charge on any atom is 0.0325 e. The van der Waals surface area contributed by atoms with Crippen LogP contribution in [0.1, 0.15) is 50.8 Å². The van der Waals surface area contributed by atoms with Gasteiger partial charge in [-0.3, -0.25) is 0 Å². The fourth-order valence-corrected chi connectivity index (χ4v) is 4.40. The highest BCUT2D eigenvalue weighted by Crippen LogP contribution is 2.36. The molecule has 120 valence electrons. The van der Waals surface area contributed by atoms with E-state index in [1.807, 2.05) is 11.3 Å². The molecular formula is C18H32N2S. The molecule has 1 aliphatic rings. The standard InChI is InChI=1S/C18H32N2S/c1-16(2)12-19-14-18(9-5-4-6-10-18)15-20(3)13-17-8-7-11-21-17/h7-8,11,16,19H,4-6,9-10,12-15H2,1-3H3. The topological polar surface area (TPSA) is 15.3 Å². The van der Waals surface area contributed by atoms with E-state index in [1.165, 1.54) is 50.1 Å². The van der Waals surface area contributed by atoms with E-state index < -0.39 is 0 Å². The molecule has 3 heteroatoms. The number of nitrogens with one attached hydrogen (secondary N) is 1. The summed E-state index contributed by atoms with van der Waals surface area (Å²) in [5.41, 5.74) is 0.499. The Morgan fingerprint density at radius 2 is 2.05 bits per heavy atom. The maximum atomic E-state index is 3.74. The summed E-state index contributed by atoms with van der Waals surface area (Å²) < 4.78 is 0. The monoisotopic (exact) mass is 308 g/mol. The summed E-state index contributed by atoms with van der Waals surface area (Å²) in [5.74, 6) is 0.745. The first-order valence-corrected chi connectivity index (χ1v) is 9.39. The van der Waals surface area contributed by atoms with Crippen molar-refractivity contribution in [2.24, 2.45) is 11.3 Å². The van der Waals surface area contributed by atoms with Crippen LogP contribution in [0.25, 0.3) is 0 Å². The fourth-order valence-electron chi connectivity index (χ4n) is 3.62. The van der Waals surface area contributed by atoms with E-state index >= 15 is 0 Å². The van der Waals surface area contributed by atoms with Gasteiger partial charge in [-0.05, 0) is 49.2 Å². The van der Waals surface area contributed by atoms with Crippen molar-refractivity contribution in [1.29, 1.82) is 0 Å². The molecule has 1 aromatic rings. The van der Waals surface area contributed by atoms with Gasteiger partial charge in [-0.1, -0.05) is 39.2 Å². The van der Waals surface area contributed by atoms with Gasteiger partial charge >= 0.3 is 0 Å². The predicted molar refractivity (Wildman–Crippen MR) is 93.9 cm³/mol. The summed E-state index contributed by atoms with van der Waals surface area (Å²) in [4.78, 5) is 4.02. The Kier molecular flexibility index (Phi) is 6.72. The van der Waals surface area contributed by atoms with Crippen molar-refractivity contribution in [1.82, 2.24) is 10.2 Å². The van der Waals surface area contributed by atoms with Gasteiger partial charge in [-0.15, -0.1) is 11.3 Å². The van der Waals surface area contributed by atoms with Crippen LogP contribution in [0.3, 0.4) is 0 Å². The fraction of sp³-hybridized carbons (Fsp3) is 0.778. The van der Waals surface area contributed by atoms with Gasteiger partial charge in [0.1, 0.15) is 0 Å². The van der Waals surface area contributed by atoms with E-state index in [-0.39, 0.29) is 0 Å². The number of thiophene rings is 1. The van der Waals surface area contributed by atoms with Gasteiger partial charge in [0.05, 0.1) is 0 Å². The first-order chi connectivity index (χ1) is 10.1. The van der Waals surface area contributed by atoms with Crippen LogP contribution in [0, 0.1) is 11.3 Å². The van der Waals surface area contributed by atoms with Gasteiger partial charge < -0.3 is 10.2 Å². The van der Waals surface area contributed by atoms with Crippen molar-refractivity contribution in [2.45, 2.75) is 52.5 Å². The molecule has 0 amide bonds. The van der Waals surface area contributed by atoms with E-state index in [4.69, 9.17) is 0 Å². The Morgan fingerprint density at radius 1 is 1.29 bits per heavy atom. The molecule has 1 fully saturated rings. The molecule has 0 spiro atoms. The lowest BCUT2D eigenvalue weighted by molar-refractivity contribution is 0.113. The van der Waals surface area contributed by atoms with Gasteiger partial charge in [-0.2, -0.15) is 0 Å². The van der Waals surface area contributed by atoms with Crippen molar-refractivity contribution in [3.63, 3.8) is 0 Å². The Hall–Kier alpha value is -0.380. The van der Waals surface area contributed by atoms with E-state index in [9.17, 15) is 0 Å². The van der Waals surface area contributed by atoms with Gasteiger partial charge in [0, 0.05) is 24.5 Å². The normalized spacial score (nSPS) is 18.5. The van der Waals surface area contributed by atoms with Crippen LogP contribution in [0.5, 0.6) is 0 Å². The van der Waals surface area contributed by atoms with Crippen molar-refractivity contribution in [3.8, 4) is 0 Å². The minimum absolute atomic E-state index is 0.499. The molecule has 1 aliphatic carbocycles. The van der Waals surface area contributed by atoms with Crippen LogP contribution in [0.15, 0.2) is 17.5 Å². The lowest BCUT2D eigenvalue weighted by atomic mass is 9.73. The molecule has 0 radical (unpaired) electrons. The molecule has 0 bridgehead atoms. The van der Waals surface area contributed by atoms with Crippen LogP contribution in [-0.4, -0.2) is 31.6 Å². The van der Waals surface area contributed by atoms with E-state index in [0.717, 1.165) is 19.0 Å². The molecule has 1 heterocycles. The Morgan fingerprint density at radius 3 is 2.67 bits per heavy atom. The molecule has 1 aromatic heterocycles. The highest BCUT2D eigenvalue weighted by Gasteiger charge is 2.32. The first kappa shape index (κ1) is 17.0. The maximum absolute atomic E-state index is 3.74. The second kappa shape index (κ2) is 8.30. The average molecular weight is 309 g/mol. The zero-order chi connectivity index (χ0) is 15.1. The smallest absolute Gasteiger partial charge is 0.0325 e. The van der Waals surface area contributed by atoms with Crippen LogP contribution >= 0.6 is 11.3 Å². The highest BCUT2D eigenvalue weighted by atomic mass is 32.1. The summed E-state index contributed by atoms with van der Waals surface area (Å²) in [6.45, 7) is 9.27. The quantitative estimate of drug-likeness (QED) is 0.767. The zero-order valence-electron chi connectivity index (χ0n) is 14.0. The summed E-state index contributed by atoms with van der Waals surface area (Å²) in [6, 6.07) is 4.42. The second-order valence-corrected chi connectivity index (χ2v) is 8.37. The van der Waals surface area contributed by atoms with Gasteiger partial charge in [0.25, 0.3) is 0 Å². The summed E-state index contributed by atoms with van der Waals surface area (Å²) in [5, 5.41) is 5.92. The molecule has 1 N–H and O–H groups in total. The minimum atomic E-state index is 0.499. The third-order valence-corrected chi connectivity index (χ3v) is 5.44. The summed E-state index contributed by atoms with van der Waals surface area (Å²) in [6.07, 6.45) is 7.05. The molecule has 0 unspecified atom stereocenters. The van der Waals surface area contributed by atoms with Gasteiger partial charge in [0.2, 0.25) is 0 Å². The molecule has 0 saturated heterocycles. The SMILES string of the molecule is CC(C)CNCC1(CN(C)Cc2cccs2)CCCCC1. The second-order valence-electron chi connectivity index (χ2n) is 7.34. The third-order valence-electron chi connectivity index (χ3n) is 4.58. The number of hydrogen-bond acceptors (Lipinski definition) is 3. The van der Waals surface area contributed by atoms with Gasteiger partial charge in [-0.25, -0.2) is 0 Å². The van der Waals surface area contributed by atoms with E-state index in [2.05, 4.69) is 48.6 Å². The molecule has 0 aromatic carbocycles. The van der Waals surface area contributed by atoms with Crippen molar-refractivity contribution in [2.75, 3.05) is 26.7 Å². The molecule has 21 heavy (non-hydrogen) atoms. The minimum Gasteiger partial charge on any atom is -0.316 e. The lowest BCUT2D eigenvalue weighted by Gasteiger charge is -2.40. The number of rotatable bonds is 8. The van der Waals surface area contributed by atoms with Crippen LogP contribution in [0.2, 0.25) is 0 Å². The van der Waals surface area contributed by atoms with Crippen LogP contribution < -0.4 is 5.32 Å². The largest absolute Gasteiger partial charge is 0.316 e. The Balaban J connectivity index is 1.88. The van der Waals surface area contributed by atoms with E-state index in [1.54, 1.807) is 0 Å². The molecule has 1 saturated carbocycles. The Bertz CT molecular complexity index is 380. The number of hydrogen-bond donors (Lipinski definition) is 1. The molecule has 0 atom stereocenters. The predicted octanol–water partition coefficient (Wildman–Crippen LogP) is 4.38. The molecule has 2 nitrogen and oxygen atoms in total. The van der Waals surface area contributed by atoms with Crippen molar-refractivity contribution >= 4 is 11.3 Å². The van der Waals surface area contributed by atoms with Crippen LogP contribution in [-0.2, 0) is 6.54 Å². The molecule has 2 rings (SSSR count). The third kappa shape index (κ3) is 5.72. The Labute approximate surface area is 134 Å². The van der Waals surface area contributed by atoms with Crippen LogP contribution in [0.4, 0.5) is 0 Å². The highest BCUT2D eigenvalue weighted by molar-refractivity contribution is 7.09. The molecular weight excluding hydrogens is 276 g/mol. The lowest BCUT2D eigenvalue weighted by Crippen LogP contribution is -2.44. The first-order valence-electron chi connectivity index (χ1n) is 8.51.